The average Bonchev–Trinajstić information content (AvgIpc) is 2.65. The number of sulfone groups is 1. The van der Waals surface area contributed by atoms with E-state index in [1.54, 1.807) is 0 Å². The summed E-state index contributed by atoms with van der Waals surface area (Å²) in [5.41, 5.74) is 0. The third-order valence-corrected chi connectivity index (χ3v) is 2.86. The molecule has 8 heteroatoms. The fraction of sp³-hybridized carbons (Fsp3) is 0.750. The maximum Gasteiger partial charge on any atom is 0.257 e. The zero-order valence-electron chi connectivity index (χ0n) is 8.84. The van der Waals surface area contributed by atoms with Crippen molar-refractivity contribution in [2.45, 2.75) is 11.9 Å². The first-order valence-corrected chi connectivity index (χ1v) is 6.93. The third kappa shape index (κ3) is 3.00. The number of nitrogens with zero attached hydrogens (tertiary/aromatic N) is 2. The molecule has 90 valence electrons. The molecule has 2 heterocycles. The lowest BCUT2D eigenvalue weighted by molar-refractivity contribution is 0.00755. The van der Waals surface area contributed by atoms with E-state index in [0.29, 0.717) is 19.0 Å². The highest BCUT2D eigenvalue weighted by atomic mass is 32.2. The monoisotopic (exact) mass is 247 g/mol. The van der Waals surface area contributed by atoms with Crippen molar-refractivity contribution < 1.29 is 17.7 Å². The van der Waals surface area contributed by atoms with Gasteiger partial charge in [0.05, 0.1) is 6.61 Å². The van der Waals surface area contributed by atoms with E-state index in [1.807, 2.05) is 0 Å². The van der Waals surface area contributed by atoms with Crippen LogP contribution in [-0.4, -0.2) is 44.5 Å². The Morgan fingerprint density at radius 2 is 2.38 bits per heavy atom. The second-order valence-electron chi connectivity index (χ2n) is 3.68. The van der Waals surface area contributed by atoms with Crippen molar-refractivity contribution in [3.05, 3.63) is 11.7 Å². The molecule has 1 fully saturated rings. The molecule has 0 aromatic carbocycles. The predicted octanol–water partition coefficient (Wildman–Crippen LogP) is -0.725. The number of ether oxygens (including phenoxy) is 1. The Bertz CT molecular complexity index is 450. The quantitative estimate of drug-likeness (QED) is 0.752. The van der Waals surface area contributed by atoms with Crippen LogP contribution in [0.3, 0.4) is 0 Å². The molecular formula is C8H13N3O4S. The highest BCUT2D eigenvalue weighted by Gasteiger charge is 2.22. The van der Waals surface area contributed by atoms with Crippen LogP contribution in [0, 0.1) is 0 Å². The van der Waals surface area contributed by atoms with Crippen LogP contribution >= 0.6 is 0 Å². The Balaban J connectivity index is 2.06. The van der Waals surface area contributed by atoms with E-state index < -0.39 is 9.84 Å². The largest absolute Gasteiger partial charge is 0.366 e. The summed E-state index contributed by atoms with van der Waals surface area (Å²) < 4.78 is 32.4. The molecule has 0 aliphatic carbocycles. The Morgan fingerprint density at radius 1 is 1.56 bits per heavy atom. The lowest BCUT2D eigenvalue weighted by Gasteiger charge is -2.19. The fourth-order valence-corrected chi connectivity index (χ4v) is 2.00. The Hall–Kier alpha value is -0.990. The first-order chi connectivity index (χ1) is 7.54. The first-order valence-electron chi connectivity index (χ1n) is 4.87. The molecule has 16 heavy (non-hydrogen) atoms. The van der Waals surface area contributed by atoms with Gasteiger partial charge in [-0.1, -0.05) is 5.16 Å². The van der Waals surface area contributed by atoms with Crippen molar-refractivity contribution in [1.82, 2.24) is 15.5 Å². The second-order valence-corrected chi connectivity index (χ2v) is 5.82. The normalized spacial score (nSPS) is 22.2. The Morgan fingerprint density at radius 3 is 3.00 bits per heavy atom. The standard InChI is InChI=1S/C8H13N3O4S/c1-16(12,13)5-7-10-8(15-11-7)6-4-9-2-3-14-6/h6,9H,2-5H2,1H3. The van der Waals surface area contributed by atoms with Crippen LogP contribution < -0.4 is 5.32 Å². The van der Waals surface area contributed by atoms with Crippen molar-refractivity contribution in [2.24, 2.45) is 0 Å². The molecule has 0 bridgehead atoms. The molecule has 7 nitrogen and oxygen atoms in total. The molecule has 0 amide bonds. The van der Waals surface area contributed by atoms with Crippen LogP contribution in [0.2, 0.25) is 0 Å². The van der Waals surface area contributed by atoms with E-state index in [-0.39, 0.29) is 17.7 Å². The van der Waals surface area contributed by atoms with Crippen LogP contribution in [0.15, 0.2) is 4.52 Å². The lowest BCUT2D eigenvalue weighted by Crippen LogP contribution is -2.33. The van der Waals surface area contributed by atoms with Crippen LogP contribution in [0.4, 0.5) is 0 Å². The van der Waals surface area contributed by atoms with Gasteiger partial charge in [-0.2, -0.15) is 4.98 Å². The van der Waals surface area contributed by atoms with Gasteiger partial charge in [0.25, 0.3) is 5.89 Å². The second kappa shape index (κ2) is 4.48. The molecule has 0 radical (unpaired) electrons. The molecule has 0 spiro atoms. The van der Waals surface area contributed by atoms with Gasteiger partial charge in [0.1, 0.15) is 11.9 Å². The average molecular weight is 247 g/mol. The summed E-state index contributed by atoms with van der Waals surface area (Å²) in [5, 5.41) is 6.72. The van der Waals surface area contributed by atoms with Gasteiger partial charge >= 0.3 is 0 Å². The van der Waals surface area contributed by atoms with E-state index in [0.717, 1.165) is 12.8 Å². The molecule has 1 N–H and O–H groups in total. The third-order valence-electron chi connectivity index (χ3n) is 2.08. The van der Waals surface area contributed by atoms with E-state index in [9.17, 15) is 8.42 Å². The molecule has 0 saturated carbocycles. The first kappa shape index (κ1) is 11.5. The summed E-state index contributed by atoms with van der Waals surface area (Å²) in [6.07, 6.45) is 0.844. The Labute approximate surface area is 93.1 Å². The molecule has 1 aromatic rings. The molecule has 1 aliphatic heterocycles. The number of hydrogen-bond donors (Lipinski definition) is 1. The number of morpholine rings is 1. The maximum atomic E-state index is 11.0. The van der Waals surface area contributed by atoms with Crippen molar-refractivity contribution in [1.29, 1.82) is 0 Å². The highest BCUT2D eigenvalue weighted by Crippen LogP contribution is 2.16. The zero-order valence-corrected chi connectivity index (χ0v) is 9.66. The minimum atomic E-state index is -3.14. The lowest BCUT2D eigenvalue weighted by atomic mass is 10.3. The van der Waals surface area contributed by atoms with Crippen molar-refractivity contribution in [3.63, 3.8) is 0 Å². The predicted molar refractivity (Wildman–Crippen MR) is 54.4 cm³/mol. The molecule has 1 aromatic heterocycles. The number of hydrogen-bond acceptors (Lipinski definition) is 7. The van der Waals surface area contributed by atoms with E-state index in [1.165, 1.54) is 0 Å². The van der Waals surface area contributed by atoms with Gasteiger partial charge in [0.2, 0.25) is 0 Å². The number of rotatable bonds is 3. The molecule has 2 rings (SSSR count). The minimum Gasteiger partial charge on any atom is -0.366 e. The summed E-state index contributed by atoms with van der Waals surface area (Å²) >= 11 is 0. The van der Waals surface area contributed by atoms with Gasteiger partial charge in [-0.25, -0.2) is 8.42 Å². The van der Waals surface area contributed by atoms with Crippen LogP contribution in [0.5, 0.6) is 0 Å². The van der Waals surface area contributed by atoms with Gasteiger partial charge in [-0.3, -0.25) is 0 Å². The van der Waals surface area contributed by atoms with Crippen LogP contribution in [0.25, 0.3) is 0 Å². The van der Waals surface area contributed by atoms with Crippen molar-refractivity contribution in [2.75, 3.05) is 26.0 Å². The molecule has 1 aliphatic rings. The summed E-state index contributed by atoms with van der Waals surface area (Å²) in [7, 11) is -3.14. The van der Waals surface area contributed by atoms with Crippen molar-refractivity contribution >= 4 is 9.84 Å². The van der Waals surface area contributed by atoms with Gasteiger partial charge in [-0.05, 0) is 0 Å². The maximum absolute atomic E-state index is 11.0. The fourth-order valence-electron chi connectivity index (χ4n) is 1.42. The summed E-state index contributed by atoms with van der Waals surface area (Å²) in [4.78, 5) is 4.00. The molecular weight excluding hydrogens is 234 g/mol. The Kier molecular flexibility index (Phi) is 3.22. The van der Waals surface area contributed by atoms with Gasteiger partial charge < -0.3 is 14.6 Å². The van der Waals surface area contributed by atoms with Crippen LogP contribution in [0.1, 0.15) is 17.8 Å². The van der Waals surface area contributed by atoms with Crippen molar-refractivity contribution in [3.8, 4) is 0 Å². The summed E-state index contributed by atoms with van der Waals surface area (Å²) in [6.45, 7) is 1.97. The molecule has 1 unspecified atom stereocenters. The van der Waals surface area contributed by atoms with Gasteiger partial charge in [0, 0.05) is 19.3 Å². The van der Waals surface area contributed by atoms with E-state index in [2.05, 4.69) is 15.5 Å². The van der Waals surface area contributed by atoms with Crippen LogP contribution in [-0.2, 0) is 20.3 Å². The number of aromatic nitrogens is 2. The zero-order chi connectivity index (χ0) is 11.6. The van der Waals surface area contributed by atoms with Gasteiger partial charge in [-0.15, -0.1) is 0 Å². The molecule has 1 atom stereocenters. The number of nitrogens with one attached hydrogen (secondary N) is 1. The van der Waals surface area contributed by atoms with Gasteiger partial charge in [0.15, 0.2) is 15.7 Å². The minimum absolute atomic E-state index is 0.173. The molecule has 1 saturated heterocycles. The van der Waals surface area contributed by atoms with E-state index in [4.69, 9.17) is 9.26 Å². The van der Waals surface area contributed by atoms with E-state index >= 15 is 0 Å². The topological polar surface area (TPSA) is 94.3 Å². The highest BCUT2D eigenvalue weighted by molar-refractivity contribution is 7.89. The summed E-state index contributed by atoms with van der Waals surface area (Å²) in [6, 6.07) is 0. The summed E-state index contributed by atoms with van der Waals surface area (Å²) in [5.74, 6) is 0.286. The SMILES string of the molecule is CS(=O)(=O)Cc1noc(C2CNCCO2)n1. The smallest absolute Gasteiger partial charge is 0.257 e.